The maximum absolute atomic E-state index is 14.1. The maximum Gasteiger partial charge on any atom is 0.335 e. The highest BCUT2D eigenvalue weighted by Gasteiger charge is 2.28. The van der Waals surface area contributed by atoms with Crippen molar-refractivity contribution >= 4 is 34.4 Å². The maximum atomic E-state index is 14.1. The van der Waals surface area contributed by atoms with Gasteiger partial charge < -0.3 is 24.0 Å². The lowest BCUT2D eigenvalue weighted by Crippen LogP contribution is -2.52. The molecule has 0 spiro atoms. The monoisotopic (exact) mass is 580 g/mol. The van der Waals surface area contributed by atoms with E-state index in [1.807, 2.05) is 6.07 Å². The highest BCUT2D eigenvalue weighted by molar-refractivity contribution is 6.30. The van der Waals surface area contributed by atoms with E-state index < -0.39 is 11.8 Å². The van der Waals surface area contributed by atoms with Crippen molar-refractivity contribution in [3.63, 3.8) is 0 Å². The van der Waals surface area contributed by atoms with Crippen LogP contribution in [0.2, 0.25) is 5.02 Å². The molecule has 6 rings (SSSR count). The largest absolute Gasteiger partial charge is 0.478 e. The molecule has 2 aromatic heterocycles. The first-order valence-corrected chi connectivity index (χ1v) is 13.9. The van der Waals surface area contributed by atoms with Gasteiger partial charge in [-0.1, -0.05) is 17.7 Å². The van der Waals surface area contributed by atoms with Gasteiger partial charge in [-0.3, -0.25) is 4.90 Å². The van der Waals surface area contributed by atoms with E-state index >= 15 is 0 Å². The number of hydrogen-bond acceptors (Lipinski definition) is 8. The van der Waals surface area contributed by atoms with Crippen LogP contribution >= 0.6 is 11.6 Å². The first-order valence-electron chi connectivity index (χ1n) is 13.6. The van der Waals surface area contributed by atoms with Crippen molar-refractivity contribution in [2.75, 3.05) is 31.1 Å². The number of carboxylic acid groups (broad SMARTS) is 1. The molecule has 0 unspecified atom stereocenters. The van der Waals surface area contributed by atoms with Gasteiger partial charge in [0.15, 0.2) is 0 Å². The van der Waals surface area contributed by atoms with Gasteiger partial charge in [-0.05, 0) is 49.7 Å². The van der Waals surface area contributed by atoms with Gasteiger partial charge in [0, 0.05) is 49.1 Å². The minimum absolute atomic E-state index is 0.00249. The van der Waals surface area contributed by atoms with E-state index in [0.717, 1.165) is 55.3 Å². The number of fused-ring (bicyclic) bond motifs is 1. The molecule has 0 radical (unpaired) electrons. The Bertz CT molecular complexity index is 1580. The Morgan fingerprint density at radius 2 is 2.05 bits per heavy atom. The highest BCUT2D eigenvalue weighted by atomic mass is 35.5. The van der Waals surface area contributed by atoms with Crippen LogP contribution in [0.1, 0.15) is 35.1 Å². The number of anilines is 1. The molecule has 0 bridgehead atoms. The third-order valence-electron chi connectivity index (χ3n) is 7.68. The van der Waals surface area contributed by atoms with E-state index in [-0.39, 0.29) is 30.3 Å². The van der Waals surface area contributed by atoms with Crippen LogP contribution in [-0.2, 0) is 24.4 Å². The number of halogens is 2. The van der Waals surface area contributed by atoms with E-state index in [9.17, 15) is 14.3 Å². The molecule has 2 aliphatic rings. The smallest absolute Gasteiger partial charge is 0.335 e. The minimum atomic E-state index is -0.957. The van der Waals surface area contributed by atoms with Gasteiger partial charge in [-0.2, -0.15) is 4.98 Å². The lowest BCUT2D eigenvalue weighted by atomic mass is 10.1. The lowest BCUT2D eigenvalue weighted by molar-refractivity contribution is -0.0592. The number of piperazine rings is 1. The van der Waals surface area contributed by atoms with Gasteiger partial charge in [-0.25, -0.2) is 19.2 Å². The molecular weight excluding hydrogens is 551 g/mol. The first kappa shape index (κ1) is 27.4. The summed E-state index contributed by atoms with van der Waals surface area (Å²) in [4.78, 5) is 29.8. The Hall–Kier alpha value is -3.80. The fraction of sp³-hybridized carbons (Fsp3) is 0.379. The topological polar surface area (TPSA) is 106 Å². The zero-order valence-corrected chi connectivity index (χ0v) is 23.3. The summed E-state index contributed by atoms with van der Waals surface area (Å²) in [6.07, 6.45) is 2.73. The van der Waals surface area contributed by atoms with Crippen LogP contribution in [0.5, 0.6) is 6.01 Å². The Kier molecular flexibility index (Phi) is 7.74. The minimum Gasteiger partial charge on any atom is -0.478 e. The Morgan fingerprint density at radius 1 is 1.20 bits per heavy atom. The Labute approximate surface area is 241 Å². The van der Waals surface area contributed by atoms with Crippen LogP contribution < -0.4 is 9.64 Å². The number of imidazole rings is 1. The van der Waals surface area contributed by atoms with Crippen LogP contribution in [0.25, 0.3) is 11.0 Å². The van der Waals surface area contributed by atoms with Crippen molar-refractivity contribution in [3.05, 3.63) is 76.5 Å². The molecule has 1 N–H and O–H groups in total. The van der Waals surface area contributed by atoms with E-state index in [4.69, 9.17) is 26.1 Å². The molecule has 0 aliphatic carbocycles. The van der Waals surface area contributed by atoms with Gasteiger partial charge in [0.25, 0.3) is 0 Å². The molecule has 0 amide bonds. The summed E-state index contributed by atoms with van der Waals surface area (Å²) in [5.41, 5.74) is 2.21. The van der Waals surface area contributed by atoms with E-state index in [1.165, 1.54) is 6.07 Å². The van der Waals surface area contributed by atoms with Gasteiger partial charge >= 0.3 is 12.0 Å². The summed E-state index contributed by atoms with van der Waals surface area (Å²) in [5, 5.41) is 9.84. The second-order valence-electron chi connectivity index (χ2n) is 10.4. The zero-order chi connectivity index (χ0) is 28.5. The third-order valence-corrected chi connectivity index (χ3v) is 7.91. The van der Waals surface area contributed by atoms with Gasteiger partial charge in [0.05, 0.1) is 35.8 Å². The first-order chi connectivity index (χ1) is 19.8. The summed E-state index contributed by atoms with van der Waals surface area (Å²) in [5.74, 6) is 0.245. The number of ether oxygens (including phenoxy) is 2. The summed E-state index contributed by atoms with van der Waals surface area (Å²) >= 11 is 5.83. The van der Waals surface area contributed by atoms with Crippen molar-refractivity contribution in [3.8, 4) is 6.01 Å². The standard InChI is InChI=1S/C29H30ClFN6O4/c1-18-14-36(26-6-8-32-29(34-26)41-17-20-2-4-21(30)13-23(20)31)10-9-35(18)16-27-33-24-5-3-19(28(38)39)12-25(24)37(27)15-22-7-11-40-22/h2-6,8,12-13,18,22H,7,9-11,14-17H2,1H3,(H,38,39)/t18-,22+/m1/s1. The predicted octanol–water partition coefficient (Wildman–Crippen LogP) is 4.40. The van der Waals surface area contributed by atoms with Crippen molar-refractivity contribution in [1.82, 2.24) is 24.4 Å². The molecule has 4 heterocycles. The molecule has 2 aliphatic heterocycles. The van der Waals surface area contributed by atoms with Crippen LogP contribution in [0.4, 0.5) is 10.2 Å². The van der Waals surface area contributed by atoms with Gasteiger partial charge in [-0.15, -0.1) is 0 Å². The van der Waals surface area contributed by atoms with Crippen LogP contribution in [0.15, 0.2) is 48.7 Å². The molecule has 4 aromatic rings. The summed E-state index contributed by atoms with van der Waals surface area (Å²) in [7, 11) is 0. The fourth-order valence-electron chi connectivity index (χ4n) is 5.24. The van der Waals surface area contributed by atoms with Crippen LogP contribution in [0, 0.1) is 5.82 Å². The predicted molar refractivity (Wildman–Crippen MR) is 151 cm³/mol. The van der Waals surface area contributed by atoms with Crippen molar-refractivity contribution in [1.29, 1.82) is 0 Å². The normalized spacial score (nSPS) is 19.3. The molecule has 2 atom stereocenters. The van der Waals surface area contributed by atoms with Crippen LogP contribution in [-0.4, -0.2) is 73.9 Å². The average molecular weight is 581 g/mol. The zero-order valence-electron chi connectivity index (χ0n) is 22.5. The molecule has 41 heavy (non-hydrogen) atoms. The van der Waals surface area contributed by atoms with Crippen LogP contribution in [0.3, 0.4) is 0 Å². The molecule has 2 saturated heterocycles. The second-order valence-corrected chi connectivity index (χ2v) is 10.9. The van der Waals surface area contributed by atoms with Gasteiger partial charge in [0.1, 0.15) is 24.1 Å². The number of hydrogen-bond donors (Lipinski definition) is 1. The number of carboxylic acids is 1. The number of aromatic carboxylic acids is 1. The van der Waals surface area contributed by atoms with Crippen molar-refractivity contribution in [2.45, 2.75) is 45.2 Å². The summed E-state index contributed by atoms with van der Waals surface area (Å²) in [6, 6.07) is 11.7. The number of rotatable bonds is 9. The number of aromatic nitrogens is 4. The summed E-state index contributed by atoms with van der Waals surface area (Å²) in [6.45, 7) is 6.44. The average Bonchev–Trinajstić information content (AvgIpc) is 3.27. The van der Waals surface area contributed by atoms with E-state index in [1.54, 1.807) is 36.5 Å². The number of nitrogens with zero attached hydrogens (tertiary/aromatic N) is 6. The van der Waals surface area contributed by atoms with E-state index in [0.29, 0.717) is 23.7 Å². The molecule has 10 nitrogen and oxygen atoms in total. The molecule has 2 aromatic carbocycles. The van der Waals surface area contributed by atoms with E-state index in [2.05, 4.69) is 31.3 Å². The van der Waals surface area contributed by atoms with Crippen molar-refractivity contribution in [2.24, 2.45) is 0 Å². The third kappa shape index (κ3) is 5.97. The molecule has 0 saturated carbocycles. The number of benzene rings is 2. The summed E-state index contributed by atoms with van der Waals surface area (Å²) < 4.78 is 27.6. The lowest BCUT2D eigenvalue weighted by Gasteiger charge is -2.40. The molecule has 2 fully saturated rings. The number of carbonyl (C=O) groups is 1. The molecule has 214 valence electrons. The fourth-order valence-corrected chi connectivity index (χ4v) is 5.40. The highest BCUT2D eigenvalue weighted by Crippen LogP contribution is 2.26. The molecular formula is C29H30ClFN6O4. The quantitative estimate of drug-likeness (QED) is 0.308. The molecule has 12 heteroatoms. The second kappa shape index (κ2) is 11.6. The SMILES string of the molecule is C[C@@H]1CN(c2ccnc(OCc3ccc(Cl)cc3F)n2)CCN1Cc1nc2ccc(C(=O)O)cc2n1C[C@@H]1CCO1. The van der Waals surface area contributed by atoms with Gasteiger partial charge in [0.2, 0.25) is 0 Å². The van der Waals surface area contributed by atoms with Crippen molar-refractivity contribution < 1.29 is 23.8 Å². The Balaban J connectivity index is 1.14. The Morgan fingerprint density at radius 3 is 2.78 bits per heavy atom.